The average molecular weight is 174 g/mol. The Bertz CT molecular complexity index is 102. The first-order valence-corrected chi connectivity index (χ1v) is 5.51. The fourth-order valence-corrected chi connectivity index (χ4v) is 2.37. The van der Waals surface area contributed by atoms with Gasteiger partial charge in [0.25, 0.3) is 0 Å². The van der Waals surface area contributed by atoms with E-state index in [1.807, 2.05) is 0 Å². The van der Waals surface area contributed by atoms with Crippen molar-refractivity contribution < 1.29 is 0 Å². The van der Waals surface area contributed by atoms with Crippen LogP contribution in [0.15, 0.2) is 0 Å². The summed E-state index contributed by atoms with van der Waals surface area (Å²) in [5, 5.41) is 3.51. The van der Waals surface area contributed by atoms with Crippen LogP contribution in [0.2, 0.25) is 0 Å². The molecule has 1 N–H and O–H groups in total. The molecule has 0 spiro atoms. The molecule has 1 fully saturated rings. The highest BCUT2D eigenvalue weighted by Gasteiger charge is 2.15. The largest absolute Gasteiger partial charge is 0.300 e. The second-order valence-corrected chi connectivity index (χ2v) is 4.18. The molecule has 1 saturated heterocycles. The number of nitrogens with zero attached hydrogens (tertiary/aromatic N) is 1. The van der Waals surface area contributed by atoms with Crippen LogP contribution in [0, 0.1) is 0 Å². The highest BCUT2D eigenvalue weighted by molar-refractivity contribution is 7.99. The van der Waals surface area contributed by atoms with E-state index in [4.69, 9.17) is 0 Å². The van der Waals surface area contributed by atoms with Gasteiger partial charge in [-0.25, -0.2) is 0 Å². The Labute approximate surface area is 73.7 Å². The molecular formula is C8H18N2S. The summed E-state index contributed by atoms with van der Waals surface area (Å²) >= 11 is 2.05. The third kappa shape index (κ3) is 3.01. The minimum Gasteiger partial charge on any atom is -0.300 e. The van der Waals surface area contributed by atoms with E-state index in [0.29, 0.717) is 6.17 Å². The van der Waals surface area contributed by atoms with E-state index in [1.165, 1.54) is 31.0 Å². The lowest BCUT2D eigenvalue weighted by Gasteiger charge is -2.31. The van der Waals surface area contributed by atoms with Crippen LogP contribution in [-0.2, 0) is 0 Å². The summed E-state index contributed by atoms with van der Waals surface area (Å²) in [7, 11) is 2.20. The van der Waals surface area contributed by atoms with Gasteiger partial charge in [-0.2, -0.15) is 11.8 Å². The molecule has 0 aromatic carbocycles. The fourth-order valence-electron chi connectivity index (χ4n) is 1.34. The van der Waals surface area contributed by atoms with Gasteiger partial charge in [0.2, 0.25) is 0 Å². The summed E-state index contributed by atoms with van der Waals surface area (Å²) in [5.74, 6) is 2.52. The Hall–Kier alpha value is 0.270. The van der Waals surface area contributed by atoms with Gasteiger partial charge >= 0.3 is 0 Å². The predicted octanol–water partition coefficient (Wildman–Crippen LogP) is 0.991. The van der Waals surface area contributed by atoms with E-state index >= 15 is 0 Å². The highest BCUT2D eigenvalue weighted by Crippen LogP contribution is 2.09. The van der Waals surface area contributed by atoms with Crippen LogP contribution in [0.4, 0.5) is 0 Å². The average Bonchev–Trinajstić information content (AvgIpc) is 2.07. The van der Waals surface area contributed by atoms with Crippen LogP contribution >= 0.6 is 11.8 Å². The van der Waals surface area contributed by atoms with E-state index in [2.05, 4.69) is 35.9 Å². The quantitative estimate of drug-likeness (QED) is 0.687. The number of hydrogen-bond donors (Lipinski definition) is 1. The first-order valence-electron chi connectivity index (χ1n) is 4.36. The minimum absolute atomic E-state index is 0.619. The summed E-state index contributed by atoms with van der Waals surface area (Å²) in [6.07, 6.45) is 1.87. The van der Waals surface area contributed by atoms with Crippen molar-refractivity contribution in [2.75, 3.05) is 31.6 Å². The Morgan fingerprint density at radius 3 is 3.00 bits per heavy atom. The van der Waals surface area contributed by atoms with Crippen LogP contribution in [-0.4, -0.2) is 42.7 Å². The summed E-state index contributed by atoms with van der Waals surface area (Å²) in [6, 6.07) is 0. The van der Waals surface area contributed by atoms with E-state index in [9.17, 15) is 0 Å². The maximum Gasteiger partial charge on any atom is 0.0688 e. The van der Waals surface area contributed by atoms with Gasteiger partial charge < -0.3 is 5.32 Å². The number of hydrogen-bond acceptors (Lipinski definition) is 3. The third-order valence-corrected chi connectivity index (χ3v) is 3.05. The van der Waals surface area contributed by atoms with Gasteiger partial charge in [-0.15, -0.1) is 0 Å². The summed E-state index contributed by atoms with van der Waals surface area (Å²) in [6.45, 7) is 4.61. The Balaban J connectivity index is 2.21. The van der Waals surface area contributed by atoms with Crippen molar-refractivity contribution >= 4 is 11.8 Å². The van der Waals surface area contributed by atoms with Gasteiger partial charge in [-0.3, -0.25) is 4.90 Å². The van der Waals surface area contributed by atoms with Gasteiger partial charge in [0.1, 0.15) is 0 Å². The summed E-state index contributed by atoms with van der Waals surface area (Å²) < 4.78 is 0. The molecule has 1 atom stereocenters. The van der Waals surface area contributed by atoms with Crippen molar-refractivity contribution in [3.05, 3.63) is 0 Å². The second-order valence-electron chi connectivity index (χ2n) is 3.03. The molecule has 0 radical (unpaired) electrons. The van der Waals surface area contributed by atoms with Gasteiger partial charge in [0.05, 0.1) is 6.17 Å². The minimum atomic E-state index is 0.619. The van der Waals surface area contributed by atoms with Crippen LogP contribution < -0.4 is 5.32 Å². The van der Waals surface area contributed by atoms with Gasteiger partial charge in [0, 0.05) is 18.1 Å². The third-order valence-electron chi connectivity index (χ3n) is 2.01. The lowest BCUT2D eigenvalue weighted by molar-refractivity contribution is 0.225. The monoisotopic (exact) mass is 174 g/mol. The maximum absolute atomic E-state index is 3.51. The highest BCUT2D eigenvalue weighted by atomic mass is 32.2. The molecule has 0 aromatic rings. The standard InChI is InChI=1S/C8H18N2S/c1-3-5-10(2)8-7-11-6-4-9-8/h8-9H,3-7H2,1-2H3. The first kappa shape index (κ1) is 9.36. The molecule has 0 saturated carbocycles. The van der Waals surface area contributed by atoms with Crippen molar-refractivity contribution in [1.82, 2.24) is 10.2 Å². The molecule has 1 heterocycles. The SMILES string of the molecule is CCCN(C)C1CSCCN1. The van der Waals surface area contributed by atoms with Crippen molar-refractivity contribution in [1.29, 1.82) is 0 Å². The molecule has 66 valence electrons. The maximum atomic E-state index is 3.51. The summed E-state index contributed by atoms with van der Waals surface area (Å²) in [4.78, 5) is 2.41. The Kier molecular flexibility index (Phi) is 4.26. The molecule has 0 aromatic heterocycles. The molecule has 1 unspecified atom stereocenters. The van der Waals surface area contributed by atoms with Crippen molar-refractivity contribution in [3.63, 3.8) is 0 Å². The van der Waals surface area contributed by atoms with E-state index in [1.54, 1.807) is 0 Å². The Morgan fingerprint density at radius 1 is 1.64 bits per heavy atom. The number of thioether (sulfide) groups is 1. The zero-order valence-corrected chi connectivity index (χ0v) is 8.28. The second kappa shape index (κ2) is 5.01. The van der Waals surface area contributed by atoms with Gasteiger partial charge in [0.15, 0.2) is 0 Å². The molecule has 11 heavy (non-hydrogen) atoms. The fraction of sp³-hybridized carbons (Fsp3) is 1.00. The molecule has 2 nitrogen and oxygen atoms in total. The van der Waals surface area contributed by atoms with E-state index in [-0.39, 0.29) is 0 Å². The molecule has 1 rings (SSSR count). The topological polar surface area (TPSA) is 15.3 Å². The van der Waals surface area contributed by atoms with Crippen molar-refractivity contribution in [3.8, 4) is 0 Å². The van der Waals surface area contributed by atoms with E-state index in [0.717, 1.165) is 0 Å². The smallest absolute Gasteiger partial charge is 0.0688 e. The van der Waals surface area contributed by atoms with Crippen LogP contribution in [0.3, 0.4) is 0 Å². The zero-order valence-electron chi connectivity index (χ0n) is 7.47. The lowest BCUT2D eigenvalue weighted by atomic mass is 10.4. The number of rotatable bonds is 3. The van der Waals surface area contributed by atoms with Crippen molar-refractivity contribution in [2.45, 2.75) is 19.5 Å². The molecule has 3 heteroatoms. The van der Waals surface area contributed by atoms with Gasteiger partial charge in [-0.05, 0) is 20.0 Å². The normalized spacial score (nSPS) is 25.9. The molecule has 0 amide bonds. The van der Waals surface area contributed by atoms with Crippen LogP contribution in [0.5, 0.6) is 0 Å². The van der Waals surface area contributed by atoms with Crippen LogP contribution in [0.25, 0.3) is 0 Å². The molecule has 1 aliphatic heterocycles. The van der Waals surface area contributed by atoms with Crippen molar-refractivity contribution in [2.24, 2.45) is 0 Å². The predicted molar refractivity (Wildman–Crippen MR) is 52.0 cm³/mol. The molecule has 0 bridgehead atoms. The molecule has 1 aliphatic rings. The van der Waals surface area contributed by atoms with E-state index < -0.39 is 0 Å². The molecule has 0 aliphatic carbocycles. The summed E-state index contributed by atoms with van der Waals surface area (Å²) in [5.41, 5.74) is 0. The first-order chi connectivity index (χ1) is 5.34. The zero-order chi connectivity index (χ0) is 8.10. The number of nitrogens with one attached hydrogen (secondary N) is 1. The Morgan fingerprint density at radius 2 is 2.45 bits per heavy atom. The molecular weight excluding hydrogens is 156 g/mol. The van der Waals surface area contributed by atoms with Gasteiger partial charge in [-0.1, -0.05) is 6.92 Å². The lowest BCUT2D eigenvalue weighted by Crippen LogP contribution is -2.48. The van der Waals surface area contributed by atoms with Crippen LogP contribution in [0.1, 0.15) is 13.3 Å².